The third-order valence-corrected chi connectivity index (χ3v) is 4.32. The number of hydrogen-bond acceptors (Lipinski definition) is 7. The predicted molar refractivity (Wildman–Crippen MR) is 129 cm³/mol. The molecule has 0 fully saturated rings. The molecular weight excluding hydrogens is 424 g/mol. The van der Waals surface area contributed by atoms with E-state index in [4.69, 9.17) is 25.7 Å². The number of nitrogens with one attached hydrogen (secondary N) is 2. The molecule has 0 bridgehead atoms. The summed E-state index contributed by atoms with van der Waals surface area (Å²) >= 11 is 0. The van der Waals surface area contributed by atoms with Gasteiger partial charge in [0.1, 0.15) is 30.4 Å². The minimum Gasteiger partial charge on any atom is -0.497 e. The number of hydrogen-bond donors (Lipinski definition) is 4. The maximum absolute atomic E-state index is 11.7. The second kappa shape index (κ2) is 11.7. The number of amides is 2. The normalized spacial score (nSPS) is 11.2. The molecule has 9 heteroatoms. The van der Waals surface area contributed by atoms with E-state index in [1.807, 2.05) is 45.0 Å². The number of carbonyl (C=O) groups excluding carboxylic acids is 2. The van der Waals surface area contributed by atoms with Crippen LogP contribution in [0.1, 0.15) is 36.7 Å². The molecule has 0 aromatic heterocycles. The Morgan fingerprint density at radius 2 is 1.79 bits per heavy atom. The first-order valence-corrected chi connectivity index (χ1v) is 10.4. The molecule has 0 saturated carbocycles. The van der Waals surface area contributed by atoms with Gasteiger partial charge < -0.3 is 36.3 Å². The molecule has 2 aromatic rings. The minimum absolute atomic E-state index is 0.126. The van der Waals surface area contributed by atoms with E-state index in [0.29, 0.717) is 23.7 Å². The molecule has 0 spiro atoms. The fourth-order valence-corrected chi connectivity index (χ4v) is 2.74. The summed E-state index contributed by atoms with van der Waals surface area (Å²) < 4.78 is 16.2. The summed E-state index contributed by atoms with van der Waals surface area (Å²) in [5, 5.41) is 5.87. The number of carbonyl (C=O) groups is 2. The first-order chi connectivity index (χ1) is 15.6. The van der Waals surface area contributed by atoms with E-state index in [-0.39, 0.29) is 24.3 Å². The van der Waals surface area contributed by atoms with Crippen molar-refractivity contribution in [2.24, 2.45) is 5.73 Å². The number of nitrogen functional groups attached to an aromatic ring is 1. The molecular formula is C24H32N4O5. The molecule has 0 radical (unpaired) electrons. The molecule has 6 N–H and O–H groups in total. The van der Waals surface area contributed by atoms with Crippen molar-refractivity contribution in [3.8, 4) is 11.5 Å². The van der Waals surface area contributed by atoms with E-state index in [2.05, 4.69) is 10.6 Å². The van der Waals surface area contributed by atoms with Crippen LogP contribution in [-0.2, 0) is 11.3 Å². The Morgan fingerprint density at radius 3 is 2.39 bits per heavy atom. The topological polar surface area (TPSA) is 138 Å². The van der Waals surface area contributed by atoms with Crippen molar-refractivity contribution in [3.05, 3.63) is 59.7 Å². The monoisotopic (exact) mass is 456 g/mol. The van der Waals surface area contributed by atoms with Gasteiger partial charge in [0.15, 0.2) is 0 Å². The van der Waals surface area contributed by atoms with Gasteiger partial charge in [0, 0.05) is 17.6 Å². The Morgan fingerprint density at radius 1 is 1.09 bits per heavy atom. The smallest absolute Gasteiger partial charge is 0.407 e. The Labute approximate surface area is 194 Å². The number of rotatable bonds is 10. The lowest BCUT2D eigenvalue weighted by Crippen LogP contribution is -2.40. The summed E-state index contributed by atoms with van der Waals surface area (Å²) in [6.07, 6.45) is 3.01. The number of benzene rings is 2. The molecule has 0 heterocycles. The van der Waals surface area contributed by atoms with Crippen molar-refractivity contribution >= 4 is 23.4 Å². The van der Waals surface area contributed by atoms with Crippen molar-refractivity contribution in [1.82, 2.24) is 5.32 Å². The van der Waals surface area contributed by atoms with E-state index in [1.54, 1.807) is 25.3 Å². The van der Waals surface area contributed by atoms with Crippen LogP contribution in [-0.4, -0.2) is 37.8 Å². The fourth-order valence-electron chi connectivity index (χ4n) is 2.74. The first-order valence-electron chi connectivity index (χ1n) is 10.4. The molecule has 178 valence electrons. The highest BCUT2D eigenvalue weighted by atomic mass is 16.5. The highest BCUT2D eigenvalue weighted by molar-refractivity contribution is 5.96. The molecule has 0 saturated heterocycles. The third-order valence-electron chi connectivity index (χ3n) is 4.32. The summed E-state index contributed by atoms with van der Waals surface area (Å²) in [5.74, 6) is 0.537. The summed E-state index contributed by atoms with van der Waals surface area (Å²) in [7, 11) is 1.60. The Balaban J connectivity index is 2.01. The van der Waals surface area contributed by atoms with Crippen LogP contribution in [0.5, 0.6) is 11.5 Å². The second-order valence-corrected chi connectivity index (χ2v) is 8.27. The highest BCUT2D eigenvalue weighted by Gasteiger charge is 2.14. The number of nitrogens with two attached hydrogens (primary N) is 2. The van der Waals surface area contributed by atoms with E-state index < -0.39 is 12.0 Å². The molecule has 9 nitrogen and oxygen atoms in total. The van der Waals surface area contributed by atoms with Crippen molar-refractivity contribution in [1.29, 1.82) is 0 Å². The Bertz CT molecular complexity index is 982. The van der Waals surface area contributed by atoms with E-state index in [9.17, 15) is 9.59 Å². The molecule has 0 aliphatic rings. The number of primary amides is 1. The number of anilines is 2. The maximum atomic E-state index is 11.7. The van der Waals surface area contributed by atoms with Crippen LogP contribution in [0.2, 0.25) is 0 Å². The number of alkyl carbamates (subject to hydrolysis) is 1. The van der Waals surface area contributed by atoms with Crippen LogP contribution in [0.25, 0.3) is 0 Å². The van der Waals surface area contributed by atoms with E-state index >= 15 is 0 Å². The molecule has 2 rings (SSSR count). The van der Waals surface area contributed by atoms with Gasteiger partial charge in [0.05, 0.1) is 12.8 Å². The van der Waals surface area contributed by atoms with Gasteiger partial charge in [-0.3, -0.25) is 4.79 Å². The molecule has 0 unspecified atom stereocenters. The Hall–Kier alpha value is -3.88. The van der Waals surface area contributed by atoms with Gasteiger partial charge in [0.25, 0.3) is 0 Å². The summed E-state index contributed by atoms with van der Waals surface area (Å²) in [5.41, 5.74) is 13.2. The van der Waals surface area contributed by atoms with E-state index in [0.717, 1.165) is 11.3 Å². The molecule has 33 heavy (non-hydrogen) atoms. The van der Waals surface area contributed by atoms with Crippen molar-refractivity contribution in [2.75, 3.05) is 31.3 Å². The molecule has 0 aliphatic carbocycles. The average Bonchev–Trinajstić information content (AvgIpc) is 2.74. The van der Waals surface area contributed by atoms with Gasteiger partial charge in [-0.15, -0.1) is 0 Å². The standard InChI is InChI=1S/C24H32N4O5/c1-24(2,3)28-23(30)32-12-6-5-11-27-21-19(25)13-17(22(26)29)14-20(21)33-15-16-7-9-18(31-4)10-8-16/h5-10,13-14,27H,11-12,15,25H2,1-4H3,(H2,26,29)(H,28,30)/b6-5+. The van der Waals surface area contributed by atoms with Crippen LogP contribution < -0.4 is 31.6 Å². The molecule has 2 amide bonds. The zero-order valence-corrected chi connectivity index (χ0v) is 19.4. The van der Waals surface area contributed by atoms with Crippen molar-refractivity contribution in [3.63, 3.8) is 0 Å². The zero-order chi connectivity index (χ0) is 24.4. The molecule has 2 aromatic carbocycles. The van der Waals surface area contributed by atoms with Crippen LogP contribution in [0, 0.1) is 0 Å². The largest absolute Gasteiger partial charge is 0.497 e. The number of ether oxygens (including phenoxy) is 3. The third kappa shape index (κ3) is 8.64. The summed E-state index contributed by atoms with van der Waals surface area (Å²) in [6.45, 7) is 6.39. The summed E-state index contributed by atoms with van der Waals surface area (Å²) in [6, 6.07) is 10.5. The first kappa shape index (κ1) is 25.4. The van der Waals surface area contributed by atoms with Crippen molar-refractivity contribution < 1.29 is 23.8 Å². The lowest BCUT2D eigenvalue weighted by Gasteiger charge is -2.19. The summed E-state index contributed by atoms with van der Waals surface area (Å²) in [4.78, 5) is 23.3. The fraction of sp³-hybridized carbons (Fsp3) is 0.333. The van der Waals surface area contributed by atoms with Gasteiger partial charge in [0.2, 0.25) is 5.91 Å². The lowest BCUT2D eigenvalue weighted by molar-refractivity contribution is 0.0999. The predicted octanol–water partition coefficient (Wildman–Crippen LogP) is 3.45. The van der Waals surface area contributed by atoms with Gasteiger partial charge in [-0.05, 0) is 56.7 Å². The average molecular weight is 457 g/mol. The van der Waals surface area contributed by atoms with Crippen LogP contribution >= 0.6 is 0 Å². The van der Waals surface area contributed by atoms with Gasteiger partial charge in [-0.2, -0.15) is 0 Å². The van der Waals surface area contributed by atoms with Crippen LogP contribution in [0.3, 0.4) is 0 Å². The SMILES string of the molecule is COc1ccc(COc2cc(C(N)=O)cc(N)c2NC/C=C/COC(=O)NC(C)(C)C)cc1. The maximum Gasteiger partial charge on any atom is 0.407 e. The highest BCUT2D eigenvalue weighted by Crippen LogP contribution is 2.33. The quantitative estimate of drug-likeness (QED) is 0.317. The van der Waals surface area contributed by atoms with Gasteiger partial charge in [-0.25, -0.2) is 4.79 Å². The Kier molecular flexibility index (Phi) is 8.97. The minimum atomic E-state index is -0.604. The van der Waals surface area contributed by atoms with E-state index in [1.165, 1.54) is 6.07 Å². The van der Waals surface area contributed by atoms with Gasteiger partial charge in [-0.1, -0.05) is 18.2 Å². The molecule has 0 atom stereocenters. The van der Waals surface area contributed by atoms with Gasteiger partial charge >= 0.3 is 6.09 Å². The zero-order valence-electron chi connectivity index (χ0n) is 19.4. The van der Waals surface area contributed by atoms with Crippen LogP contribution in [0.4, 0.5) is 16.2 Å². The molecule has 0 aliphatic heterocycles. The number of methoxy groups -OCH3 is 1. The van der Waals surface area contributed by atoms with Crippen LogP contribution in [0.15, 0.2) is 48.6 Å². The second-order valence-electron chi connectivity index (χ2n) is 8.27. The van der Waals surface area contributed by atoms with Crippen molar-refractivity contribution in [2.45, 2.75) is 32.9 Å². The lowest BCUT2D eigenvalue weighted by atomic mass is 10.1.